The molecule has 3 N–H and O–H groups in total. The number of benzene rings is 2. The molecule has 0 unspecified atom stereocenters. The van der Waals surface area contributed by atoms with Crippen LogP contribution in [0.15, 0.2) is 53.6 Å². The third-order valence-corrected chi connectivity index (χ3v) is 3.00. The summed E-state index contributed by atoms with van der Waals surface area (Å²) in [4.78, 5) is 22.3. The fraction of sp³-hybridized carbons (Fsp3) is 0.0667. The molecule has 1 amide bonds. The largest absolute Gasteiger partial charge is 0.399 e. The number of amides is 1. The first kappa shape index (κ1) is 15.2. The van der Waals surface area contributed by atoms with Gasteiger partial charge in [0.1, 0.15) is 5.56 Å². The van der Waals surface area contributed by atoms with Gasteiger partial charge in [-0.25, -0.2) is 5.43 Å². The number of nitrogen functional groups attached to an aromatic ring is 1. The molecular formula is C15H14N4O3. The molecule has 22 heavy (non-hydrogen) atoms. The number of para-hydroxylation sites is 1. The predicted molar refractivity (Wildman–Crippen MR) is 83.6 cm³/mol. The van der Waals surface area contributed by atoms with E-state index in [2.05, 4.69) is 10.5 Å². The highest BCUT2D eigenvalue weighted by molar-refractivity contribution is 6.02. The van der Waals surface area contributed by atoms with Crippen molar-refractivity contribution in [3.63, 3.8) is 0 Å². The van der Waals surface area contributed by atoms with Gasteiger partial charge >= 0.3 is 0 Å². The maximum absolute atomic E-state index is 12.0. The van der Waals surface area contributed by atoms with Gasteiger partial charge in [0.05, 0.1) is 10.6 Å². The number of nitro groups is 1. The Balaban J connectivity index is 2.17. The lowest BCUT2D eigenvalue weighted by molar-refractivity contribution is -0.385. The van der Waals surface area contributed by atoms with E-state index < -0.39 is 10.8 Å². The number of anilines is 1. The summed E-state index contributed by atoms with van der Waals surface area (Å²) in [6, 6.07) is 12.7. The molecule has 0 saturated carbocycles. The molecule has 0 aliphatic rings. The molecule has 0 heterocycles. The number of nitrogens with two attached hydrogens (primary N) is 1. The van der Waals surface area contributed by atoms with Crippen LogP contribution in [0, 0.1) is 10.1 Å². The van der Waals surface area contributed by atoms with Crippen LogP contribution in [-0.2, 0) is 0 Å². The van der Waals surface area contributed by atoms with Crippen molar-refractivity contribution in [3.05, 3.63) is 69.8 Å². The van der Waals surface area contributed by atoms with Crippen molar-refractivity contribution in [3.8, 4) is 0 Å². The second-order valence-corrected chi connectivity index (χ2v) is 4.53. The first-order chi connectivity index (χ1) is 10.5. The van der Waals surface area contributed by atoms with E-state index in [0.29, 0.717) is 11.4 Å². The minimum atomic E-state index is -0.637. The highest BCUT2D eigenvalue weighted by Crippen LogP contribution is 2.17. The van der Waals surface area contributed by atoms with E-state index in [1.807, 2.05) is 0 Å². The summed E-state index contributed by atoms with van der Waals surface area (Å²) >= 11 is 0. The molecule has 0 fully saturated rings. The highest BCUT2D eigenvalue weighted by Gasteiger charge is 2.18. The van der Waals surface area contributed by atoms with Gasteiger partial charge in [-0.1, -0.05) is 24.3 Å². The molecule has 2 aromatic carbocycles. The number of nitro benzene ring substituents is 1. The molecule has 2 rings (SSSR count). The van der Waals surface area contributed by atoms with E-state index >= 15 is 0 Å². The average molecular weight is 298 g/mol. The summed E-state index contributed by atoms with van der Waals surface area (Å²) in [5.74, 6) is -0.637. The van der Waals surface area contributed by atoms with E-state index in [0.717, 1.165) is 5.56 Å². The van der Waals surface area contributed by atoms with Gasteiger partial charge in [-0.2, -0.15) is 5.10 Å². The van der Waals surface area contributed by atoms with Crippen molar-refractivity contribution in [1.29, 1.82) is 0 Å². The zero-order valence-corrected chi connectivity index (χ0v) is 11.8. The molecule has 0 radical (unpaired) electrons. The number of rotatable bonds is 4. The van der Waals surface area contributed by atoms with Crippen LogP contribution in [0.1, 0.15) is 22.8 Å². The molecule has 0 bridgehead atoms. The Morgan fingerprint density at radius 2 is 1.82 bits per heavy atom. The standard InChI is InChI=1S/C15H14N4O3/c1-10(11-6-8-12(16)9-7-11)17-18-15(20)13-4-2-3-5-14(13)19(21)22/h2-9H,16H2,1H3,(H,18,20)/b17-10+. The second kappa shape index (κ2) is 6.49. The van der Waals surface area contributed by atoms with E-state index in [1.165, 1.54) is 18.2 Å². The van der Waals surface area contributed by atoms with E-state index in [4.69, 9.17) is 5.73 Å². The summed E-state index contributed by atoms with van der Waals surface area (Å²) in [6.07, 6.45) is 0. The molecule has 0 atom stereocenters. The molecule has 7 heteroatoms. The molecule has 7 nitrogen and oxygen atoms in total. The number of hydrogen-bond acceptors (Lipinski definition) is 5. The van der Waals surface area contributed by atoms with Crippen LogP contribution >= 0.6 is 0 Å². The molecule has 0 aliphatic carbocycles. The van der Waals surface area contributed by atoms with Crippen molar-refractivity contribution in [2.75, 3.05) is 5.73 Å². The number of carbonyl (C=O) groups is 1. The van der Waals surface area contributed by atoms with Crippen LogP contribution in [-0.4, -0.2) is 16.5 Å². The maximum atomic E-state index is 12.0. The Hall–Kier alpha value is -3.22. The summed E-state index contributed by atoms with van der Waals surface area (Å²) in [6.45, 7) is 1.71. The lowest BCUT2D eigenvalue weighted by atomic mass is 10.1. The third-order valence-electron chi connectivity index (χ3n) is 3.00. The van der Waals surface area contributed by atoms with Crippen molar-refractivity contribution in [1.82, 2.24) is 5.43 Å². The molecule has 2 aromatic rings. The molecule has 112 valence electrons. The zero-order chi connectivity index (χ0) is 16.1. The van der Waals surface area contributed by atoms with Gasteiger partial charge in [-0.3, -0.25) is 14.9 Å². The first-order valence-electron chi connectivity index (χ1n) is 6.43. The Bertz CT molecular complexity index is 739. The number of nitrogens with zero attached hydrogens (tertiary/aromatic N) is 2. The van der Waals surface area contributed by atoms with Gasteiger partial charge in [-0.05, 0) is 30.7 Å². The van der Waals surface area contributed by atoms with Crippen molar-refractivity contribution in [2.45, 2.75) is 6.92 Å². The smallest absolute Gasteiger partial charge is 0.282 e. The first-order valence-corrected chi connectivity index (χ1v) is 6.43. The quantitative estimate of drug-likeness (QED) is 0.390. The highest BCUT2D eigenvalue weighted by atomic mass is 16.6. The van der Waals surface area contributed by atoms with E-state index in [9.17, 15) is 14.9 Å². The molecule has 0 aromatic heterocycles. The van der Waals surface area contributed by atoms with Crippen LogP contribution in [0.3, 0.4) is 0 Å². The Kier molecular flexibility index (Phi) is 4.47. The number of hydrogen-bond donors (Lipinski definition) is 2. The Morgan fingerprint density at radius 1 is 1.18 bits per heavy atom. The summed E-state index contributed by atoms with van der Waals surface area (Å²) in [7, 11) is 0. The Labute approximate surface area is 126 Å². The van der Waals surface area contributed by atoms with Crippen LogP contribution in [0.4, 0.5) is 11.4 Å². The SMILES string of the molecule is C/C(=N\NC(=O)c1ccccc1[N+](=O)[O-])c1ccc(N)cc1. The van der Waals surface area contributed by atoms with Gasteiger partial charge in [0.25, 0.3) is 11.6 Å². The minimum absolute atomic E-state index is 0.0404. The van der Waals surface area contributed by atoms with Crippen LogP contribution in [0.25, 0.3) is 0 Å². The van der Waals surface area contributed by atoms with Crippen molar-refractivity contribution in [2.24, 2.45) is 5.10 Å². The second-order valence-electron chi connectivity index (χ2n) is 4.53. The monoisotopic (exact) mass is 298 g/mol. The number of nitrogens with one attached hydrogen (secondary N) is 1. The third kappa shape index (κ3) is 3.45. The molecule has 0 saturated heterocycles. The summed E-state index contributed by atoms with van der Waals surface area (Å²) < 4.78 is 0. The lowest BCUT2D eigenvalue weighted by Crippen LogP contribution is -2.20. The van der Waals surface area contributed by atoms with Crippen LogP contribution in [0.5, 0.6) is 0 Å². The molecule has 0 spiro atoms. The molecule has 0 aliphatic heterocycles. The normalized spacial score (nSPS) is 11.0. The van der Waals surface area contributed by atoms with E-state index in [1.54, 1.807) is 37.3 Å². The number of hydrazone groups is 1. The fourth-order valence-electron chi connectivity index (χ4n) is 1.81. The number of carbonyl (C=O) groups excluding carboxylic acids is 1. The summed E-state index contributed by atoms with van der Waals surface area (Å²) in [5, 5.41) is 14.9. The maximum Gasteiger partial charge on any atom is 0.282 e. The predicted octanol–water partition coefficient (Wildman–Crippen LogP) is 2.33. The summed E-state index contributed by atoms with van der Waals surface area (Å²) in [5.41, 5.74) is 9.59. The zero-order valence-electron chi connectivity index (χ0n) is 11.8. The van der Waals surface area contributed by atoms with Gasteiger partial charge in [0.15, 0.2) is 0 Å². The van der Waals surface area contributed by atoms with Crippen molar-refractivity contribution < 1.29 is 9.72 Å². The minimum Gasteiger partial charge on any atom is -0.399 e. The van der Waals surface area contributed by atoms with Gasteiger partial charge in [-0.15, -0.1) is 0 Å². The van der Waals surface area contributed by atoms with Crippen LogP contribution in [0.2, 0.25) is 0 Å². The van der Waals surface area contributed by atoms with Crippen LogP contribution < -0.4 is 11.2 Å². The van der Waals surface area contributed by atoms with Gasteiger partial charge < -0.3 is 5.73 Å². The Morgan fingerprint density at radius 3 is 2.45 bits per heavy atom. The lowest BCUT2D eigenvalue weighted by Gasteiger charge is -2.04. The van der Waals surface area contributed by atoms with Gasteiger partial charge in [0, 0.05) is 11.8 Å². The van der Waals surface area contributed by atoms with Crippen molar-refractivity contribution >= 4 is 23.0 Å². The van der Waals surface area contributed by atoms with Gasteiger partial charge in [0.2, 0.25) is 0 Å². The van der Waals surface area contributed by atoms with E-state index in [-0.39, 0.29) is 11.3 Å². The molecular weight excluding hydrogens is 284 g/mol. The fourth-order valence-corrected chi connectivity index (χ4v) is 1.81. The topological polar surface area (TPSA) is 111 Å². The average Bonchev–Trinajstić information content (AvgIpc) is 2.53.